The van der Waals surface area contributed by atoms with Crippen LogP contribution >= 0.6 is 0 Å². The average molecular weight is 1280 g/mol. The van der Waals surface area contributed by atoms with Crippen molar-refractivity contribution >= 4 is 95.1 Å². The highest BCUT2D eigenvalue weighted by atomic mass is 16.3. The van der Waals surface area contributed by atoms with Crippen molar-refractivity contribution in [3.63, 3.8) is 0 Å². The van der Waals surface area contributed by atoms with Crippen molar-refractivity contribution in [1.29, 1.82) is 0 Å². The number of anilines is 9. The number of benzene rings is 12. The fourth-order valence-corrected chi connectivity index (χ4v) is 15.1. The van der Waals surface area contributed by atoms with Crippen LogP contribution in [0.4, 0.5) is 51.2 Å². The van der Waals surface area contributed by atoms with Crippen LogP contribution in [0.2, 0.25) is 0 Å². The Morgan fingerprint density at radius 2 is 0.500 bits per heavy atom. The Labute approximate surface area is 579 Å². The van der Waals surface area contributed by atoms with Crippen molar-refractivity contribution in [2.24, 2.45) is 0 Å². The van der Waals surface area contributed by atoms with E-state index in [9.17, 15) is 0 Å². The van der Waals surface area contributed by atoms with Crippen LogP contribution in [-0.2, 0) is 32.5 Å². The summed E-state index contributed by atoms with van der Waals surface area (Å²) < 4.78 is 15.4. The zero-order valence-corrected chi connectivity index (χ0v) is 59.6. The lowest BCUT2D eigenvalue weighted by molar-refractivity contribution is 0.589. The number of rotatable bonds is 11. The van der Waals surface area contributed by atoms with Crippen molar-refractivity contribution in [2.45, 2.75) is 136 Å². The van der Waals surface area contributed by atoms with Gasteiger partial charge in [-0.25, -0.2) is 0 Å². The lowest BCUT2D eigenvalue weighted by Gasteiger charge is -2.37. The molecule has 5 nitrogen and oxygen atoms in total. The molecule has 1 aliphatic rings. The summed E-state index contributed by atoms with van der Waals surface area (Å²) in [4.78, 5) is 7.34. The van der Waals surface area contributed by atoms with Crippen molar-refractivity contribution in [3.05, 3.63) is 317 Å². The Bertz CT molecular complexity index is 4990. The van der Waals surface area contributed by atoms with E-state index in [1.807, 2.05) is 0 Å². The van der Waals surface area contributed by atoms with E-state index in [2.05, 4.69) is 385 Å². The maximum atomic E-state index is 7.71. The molecule has 0 bridgehead atoms. The van der Waals surface area contributed by atoms with Crippen LogP contribution in [0.15, 0.2) is 276 Å². The van der Waals surface area contributed by atoms with E-state index >= 15 is 0 Å². The molecule has 0 amide bonds. The summed E-state index contributed by atoms with van der Waals surface area (Å²) in [6.07, 6.45) is 0. The summed E-state index contributed by atoms with van der Waals surface area (Å²) >= 11 is 0. The highest BCUT2D eigenvalue weighted by Gasteiger charge is 2.51. The number of fused-ring (bicyclic) bond motifs is 11. The minimum Gasteiger partial charge on any atom is -0.455 e. The molecule has 12 aromatic carbocycles. The molecular weight excluding hydrogens is 1190 g/mol. The first-order chi connectivity index (χ1) is 46.8. The number of nitrogens with zero attached hydrogens (tertiary/aromatic N) is 3. The van der Waals surface area contributed by atoms with Crippen LogP contribution in [0.5, 0.6) is 0 Å². The molecule has 0 aliphatic heterocycles. The number of para-hydroxylation sites is 4. The van der Waals surface area contributed by atoms with Gasteiger partial charge in [-0.15, -0.1) is 0 Å². The monoisotopic (exact) mass is 1280 g/mol. The van der Waals surface area contributed by atoms with Gasteiger partial charge >= 0.3 is 0 Å². The Morgan fingerprint density at radius 3 is 0.806 bits per heavy atom. The lowest BCUT2D eigenvalue weighted by atomic mass is 9.67. The van der Waals surface area contributed by atoms with Crippen LogP contribution in [0.3, 0.4) is 0 Å². The molecule has 15 rings (SSSR count). The van der Waals surface area contributed by atoms with E-state index in [1.165, 1.54) is 27.8 Å². The smallest absolute Gasteiger partial charge is 0.145 e. The van der Waals surface area contributed by atoms with Gasteiger partial charge in [0.05, 0.1) is 27.6 Å². The molecule has 98 heavy (non-hydrogen) atoms. The zero-order chi connectivity index (χ0) is 68.4. The van der Waals surface area contributed by atoms with E-state index < -0.39 is 5.41 Å². The maximum Gasteiger partial charge on any atom is 0.145 e. The molecule has 488 valence electrons. The molecule has 0 N–H and O–H groups in total. The van der Waals surface area contributed by atoms with Crippen LogP contribution in [0, 0.1) is 0 Å². The zero-order valence-electron chi connectivity index (χ0n) is 59.6. The summed E-state index contributed by atoms with van der Waals surface area (Å²) in [6, 6.07) is 99.9. The normalized spacial score (nSPS) is 13.3. The number of hydrogen-bond donors (Lipinski definition) is 0. The van der Waals surface area contributed by atoms with Gasteiger partial charge in [0.25, 0.3) is 0 Å². The SMILES string of the molecule is CC(C)(C)c1ccc(N(c2ccc(C(C)(C)C)cc2)c2ccc(C3(c4ccc(C(C)(C)C)cc4)c4cc(N(c5ccccc5)c5ccc(C(C)(C)C)cc5)c5c(oc6ccccc65)c4-c4c3cc(N(c3ccccc3)c3ccc(C(C)(C)C)cc3)c3c4oc4ccccc43)cc2)cc1. The first-order valence-electron chi connectivity index (χ1n) is 34.9. The third-order valence-corrected chi connectivity index (χ3v) is 20.5. The van der Waals surface area contributed by atoms with Gasteiger partial charge in [-0.1, -0.05) is 262 Å². The molecule has 0 atom stereocenters. The Kier molecular flexibility index (Phi) is 15.2. The van der Waals surface area contributed by atoms with Gasteiger partial charge in [0, 0.05) is 61.7 Å². The maximum absolute atomic E-state index is 7.71. The van der Waals surface area contributed by atoms with Gasteiger partial charge in [-0.2, -0.15) is 0 Å². The molecule has 0 unspecified atom stereocenters. The molecule has 0 spiro atoms. The van der Waals surface area contributed by atoms with Crippen LogP contribution in [-0.4, -0.2) is 0 Å². The molecule has 5 heteroatoms. The minimum atomic E-state index is -1.05. The fraction of sp³-hybridized carbons (Fsp3) is 0.226. The summed E-state index contributed by atoms with van der Waals surface area (Å²) in [7, 11) is 0. The van der Waals surface area contributed by atoms with Crippen molar-refractivity contribution in [2.75, 3.05) is 14.7 Å². The standard InChI is InChI=1S/C93H89N3O2/c1-88(2,3)60-34-36-65(37-35-60)93(66-46-56-71(57-47-66)94(69-48-38-61(39-49-69)89(4,5)6)70-50-40-62(41-51-70)90(7,8)9)76-58-78(95(67-26-18-16-19-27-67)72-52-42-63(43-53-72)91(10,11)12)82-74-30-22-24-32-80(74)97-86(82)84(76)85-77(93)59-79(83-75-31-23-25-33-81(75)98-87(83)85)96(68-28-20-17-21-29-68)73-54-44-64(45-55-73)92(13,14)15/h16-59H,1-15H3. The van der Waals surface area contributed by atoms with Crippen molar-refractivity contribution in [1.82, 2.24) is 0 Å². The molecule has 2 heterocycles. The van der Waals surface area contributed by atoms with Crippen molar-refractivity contribution < 1.29 is 8.83 Å². The van der Waals surface area contributed by atoms with Crippen LogP contribution < -0.4 is 14.7 Å². The molecule has 2 aromatic heterocycles. The summed E-state index contributed by atoms with van der Waals surface area (Å²) in [6.45, 7) is 34.4. The van der Waals surface area contributed by atoms with Gasteiger partial charge in [-0.3, -0.25) is 0 Å². The second kappa shape index (κ2) is 23.4. The molecule has 14 aromatic rings. The van der Waals surface area contributed by atoms with E-state index in [4.69, 9.17) is 8.83 Å². The van der Waals surface area contributed by atoms with Crippen molar-refractivity contribution in [3.8, 4) is 11.1 Å². The van der Waals surface area contributed by atoms with E-state index in [1.54, 1.807) is 0 Å². The minimum absolute atomic E-state index is 0.0156. The third-order valence-electron chi connectivity index (χ3n) is 20.5. The second-order valence-corrected chi connectivity index (χ2v) is 32.2. The topological polar surface area (TPSA) is 36.0 Å². The molecule has 1 aliphatic carbocycles. The quantitative estimate of drug-likeness (QED) is 0.129. The van der Waals surface area contributed by atoms with Gasteiger partial charge < -0.3 is 23.5 Å². The molecular formula is C93H89N3O2. The van der Waals surface area contributed by atoms with Gasteiger partial charge in [0.1, 0.15) is 22.3 Å². The second-order valence-electron chi connectivity index (χ2n) is 32.2. The van der Waals surface area contributed by atoms with Gasteiger partial charge in [-0.05, 0) is 186 Å². The van der Waals surface area contributed by atoms with Crippen LogP contribution in [0.1, 0.15) is 154 Å². The number of furan rings is 2. The van der Waals surface area contributed by atoms with E-state index in [-0.39, 0.29) is 27.1 Å². The van der Waals surface area contributed by atoms with E-state index in [0.717, 1.165) is 128 Å². The summed E-state index contributed by atoms with van der Waals surface area (Å²) in [5, 5.41) is 4.10. The molecule has 0 radical (unpaired) electrons. The first kappa shape index (κ1) is 63.7. The van der Waals surface area contributed by atoms with Crippen LogP contribution in [0.25, 0.3) is 55.0 Å². The summed E-state index contributed by atoms with van der Waals surface area (Å²) in [5.41, 5.74) is 24.0. The lowest BCUT2D eigenvalue weighted by Crippen LogP contribution is -2.29. The fourth-order valence-electron chi connectivity index (χ4n) is 15.1. The number of hydrogen-bond acceptors (Lipinski definition) is 5. The predicted octanol–water partition coefficient (Wildman–Crippen LogP) is 26.7. The Morgan fingerprint density at radius 1 is 0.255 bits per heavy atom. The molecule has 0 saturated carbocycles. The first-order valence-corrected chi connectivity index (χ1v) is 34.9. The predicted molar refractivity (Wildman–Crippen MR) is 416 cm³/mol. The highest BCUT2D eigenvalue weighted by molar-refractivity contribution is 6.25. The summed E-state index contributed by atoms with van der Waals surface area (Å²) in [5.74, 6) is 0. The largest absolute Gasteiger partial charge is 0.455 e. The molecule has 0 saturated heterocycles. The highest BCUT2D eigenvalue weighted by Crippen LogP contribution is 2.65. The Hall–Kier alpha value is -10.4. The van der Waals surface area contributed by atoms with Gasteiger partial charge in [0.2, 0.25) is 0 Å². The third kappa shape index (κ3) is 10.9. The van der Waals surface area contributed by atoms with E-state index in [0.29, 0.717) is 0 Å². The molecule has 0 fully saturated rings. The Balaban J connectivity index is 1.11. The average Bonchev–Trinajstić information content (AvgIpc) is 1.50. The van der Waals surface area contributed by atoms with Gasteiger partial charge in [0.15, 0.2) is 0 Å².